The maximum Gasteiger partial charge on any atom is 0.251 e. The summed E-state index contributed by atoms with van der Waals surface area (Å²) in [5, 5.41) is 14.6. The summed E-state index contributed by atoms with van der Waals surface area (Å²) in [5.41, 5.74) is 1.03. The number of nitrogens with zero attached hydrogens (tertiary/aromatic N) is 5. The highest BCUT2D eigenvalue weighted by Crippen LogP contribution is 2.10. The Kier molecular flexibility index (Phi) is 5.03. The Morgan fingerprint density at radius 2 is 2.20 bits per heavy atom. The Hall–Kier alpha value is -1.99. The maximum atomic E-state index is 10.5. The summed E-state index contributed by atoms with van der Waals surface area (Å²) in [6.07, 6.45) is 6.01. The fourth-order valence-electron chi connectivity index (χ4n) is 2.11. The Morgan fingerprint density at radius 1 is 1.45 bits per heavy atom. The zero-order valence-electron chi connectivity index (χ0n) is 11.6. The molecule has 2 heterocycles. The van der Waals surface area contributed by atoms with E-state index in [0.29, 0.717) is 6.54 Å². The molecule has 20 heavy (non-hydrogen) atoms. The average molecular weight is 277 g/mol. The van der Waals surface area contributed by atoms with E-state index in [1.54, 1.807) is 12.4 Å². The van der Waals surface area contributed by atoms with Crippen LogP contribution in [0.2, 0.25) is 0 Å². The van der Waals surface area contributed by atoms with E-state index >= 15 is 0 Å². The predicted octanol–water partition coefficient (Wildman–Crippen LogP) is 0.794. The molecule has 1 aliphatic heterocycles. The molecule has 1 aromatic heterocycles. The van der Waals surface area contributed by atoms with Crippen molar-refractivity contribution in [1.82, 2.24) is 19.9 Å². The Morgan fingerprint density at radius 3 is 2.80 bits per heavy atom. The fraction of sp³-hybridized carbons (Fsp3) is 0.462. The Balaban J connectivity index is 2.06. The molecule has 0 saturated carbocycles. The van der Waals surface area contributed by atoms with Crippen LogP contribution in [0.15, 0.2) is 36.9 Å². The fourth-order valence-corrected chi connectivity index (χ4v) is 2.11. The molecule has 1 aromatic rings. The molecule has 1 fully saturated rings. The second-order valence-corrected chi connectivity index (χ2v) is 4.80. The van der Waals surface area contributed by atoms with Gasteiger partial charge in [0.05, 0.1) is 17.7 Å². The zero-order chi connectivity index (χ0) is 14.4. The topological polar surface area (TPSA) is 65.8 Å². The molecule has 0 aliphatic carbocycles. The lowest BCUT2D eigenvalue weighted by molar-refractivity contribution is -0.403. The van der Waals surface area contributed by atoms with Crippen LogP contribution < -0.4 is 0 Å². The normalized spacial score (nSPS) is 17.4. The van der Waals surface area contributed by atoms with Gasteiger partial charge in [-0.2, -0.15) is 0 Å². The van der Waals surface area contributed by atoms with E-state index < -0.39 is 4.92 Å². The van der Waals surface area contributed by atoms with E-state index in [1.807, 2.05) is 17.1 Å². The first-order valence-corrected chi connectivity index (χ1v) is 6.56. The molecular formula is C13H19N5O2. The Labute approximate surface area is 118 Å². The summed E-state index contributed by atoms with van der Waals surface area (Å²) in [6, 6.07) is 3.84. The lowest BCUT2D eigenvalue weighted by atomic mass is 10.3. The number of hydrazine groups is 1. The van der Waals surface area contributed by atoms with Crippen molar-refractivity contribution in [3.63, 3.8) is 0 Å². The minimum atomic E-state index is -0.438. The quantitative estimate of drug-likeness (QED) is 0.586. The van der Waals surface area contributed by atoms with E-state index in [4.69, 9.17) is 0 Å². The highest BCUT2D eigenvalue weighted by Gasteiger charge is 2.19. The van der Waals surface area contributed by atoms with E-state index in [1.165, 1.54) is 6.20 Å². The van der Waals surface area contributed by atoms with Gasteiger partial charge in [-0.3, -0.25) is 15.1 Å². The molecular weight excluding hydrogens is 258 g/mol. The first-order valence-electron chi connectivity index (χ1n) is 6.56. The van der Waals surface area contributed by atoms with Crippen LogP contribution in [0.1, 0.15) is 5.56 Å². The molecule has 0 bridgehead atoms. The van der Waals surface area contributed by atoms with Gasteiger partial charge in [-0.05, 0) is 18.7 Å². The van der Waals surface area contributed by atoms with Crippen LogP contribution in [0.5, 0.6) is 0 Å². The van der Waals surface area contributed by atoms with Crippen molar-refractivity contribution < 1.29 is 4.92 Å². The smallest absolute Gasteiger partial charge is 0.251 e. The summed E-state index contributed by atoms with van der Waals surface area (Å²) < 4.78 is 0. The summed E-state index contributed by atoms with van der Waals surface area (Å²) in [7, 11) is 2.08. The molecule has 0 amide bonds. The summed E-state index contributed by atoms with van der Waals surface area (Å²) >= 11 is 0. The van der Waals surface area contributed by atoms with Gasteiger partial charge in [0.1, 0.15) is 0 Å². The van der Waals surface area contributed by atoms with Gasteiger partial charge in [0.2, 0.25) is 0 Å². The summed E-state index contributed by atoms with van der Waals surface area (Å²) in [4.78, 5) is 16.4. The van der Waals surface area contributed by atoms with Crippen molar-refractivity contribution in [2.24, 2.45) is 0 Å². The number of aromatic nitrogens is 1. The highest BCUT2D eigenvalue weighted by molar-refractivity contribution is 5.08. The van der Waals surface area contributed by atoms with Crippen molar-refractivity contribution in [2.75, 3.05) is 33.2 Å². The van der Waals surface area contributed by atoms with Gasteiger partial charge < -0.3 is 9.91 Å². The van der Waals surface area contributed by atoms with Gasteiger partial charge in [-0.25, -0.2) is 5.01 Å². The van der Waals surface area contributed by atoms with Gasteiger partial charge in [0.25, 0.3) is 6.20 Å². The second-order valence-electron chi connectivity index (χ2n) is 4.80. The van der Waals surface area contributed by atoms with Crippen LogP contribution in [0.4, 0.5) is 0 Å². The number of hydrogen-bond acceptors (Lipinski definition) is 6. The molecule has 108 valence electrons. The molecule has 1 aliphatic rings. The third-order valence-corrected chi connectivity index (χ3v) is 3.27. The first-order chi connectivity index (χ1) is 9.65. The molecule has 7 nitrogen and oxygen atoms in total. The van der Waals surface area contributed by atoms with Gasteiger partial charge >= 0.3 is 0 Å². The third kappa shape index (κ3) is 4.29. The second kappa shape index (κ2) is 6.97. The van der Waals surface area contributed by atoms with Crippen molar-refractivity contribution in [1.29, 1.82) is 0 Å². The summed E-state index contributed by atoms with van der Waals surface area (Å²) in [6.45, 7) is 4.21. The van der Waals surface area contributed by atoms with Gasteiger partial charge in [0, 0.05) is 38.6 Å². The molecule has 0 radical (unpaired) electrons. The average Bonchev–Trinajstić information content (AvgIpc) is 2.45. The van der Waals surface area contributed by atoms with Crippen LogP contribution in [-0.4, -0.2) is 58.1 Å². The Bertz CT molecular complexity index is 457. The van der Waals surface area contributed by atoms with Gasteiger partial charge in [0.15, 0.2) is 0 Å². The van der Waals surface area contributed by atoms with E-state index in [2.05, 4.69) is 21.9 Å². The van der Waals surface area contributed by atoms with Crippen LogP contribution in [0.3, 0.4) is 0 Å². The largest absolute Gasteiger partial charge is 0.304 e. The number of piperazine rings is 1. The lowest BCUT2D eigenvalue weighted by Gasteiger charge is -2.39. The van der Waals surface area contributed by atoms with Crippen molar-refractivity contribution in [2.45, 2.75) is 6.54 Å². The molecule has 0 atom stereocenters. The molecule has 0 spiro atoms. The van der Waals surface area contributed by atoms with E-state index in [9.17, 15) is 10.1 Å². The number of nitro groups is 1. The molecule has 0 unspecified atom stereocenters. The van der Waals surface area contributed by atoms with E-state index in [-0.39, 0.29) is 0 Å². The van der Waals surface area contributed by atoms with Crippen LogP contribution >= 0.6 is 0 Å². The molecule has 0 N–H and O–H groups in total. The number of likely N-dealkylation sites (N-methyl/N-ethyl adjacent to an activating group) is 1. The van der Waals surface area contributed by atoms with Crippen LogP contribution in [0, 0.1) is 10.1 Å². The molecule has 0 aromatic carbocycles. The van der Waals surface area contributed by atoms with Gasteiger partial charge in [-0.15, -0.1) is 0 Å². The predicted molar refractivity (Wildman–Crippen MR) is 75.0 cm³/mol. The molecule has 7 heteroatoms. The van der Waals surface area contributed by atoms with Crippen molar-refractivity contribution in [3.05, 3.63) is 52.6 Å². The van der Waals surface area contributed by atoms with Crippen molar-refractivity contribution >= 4 is 0 Å². The SMILES string of the molecule is CN1CCN(N(C=C[N+](=O)[O-])Cc2cccnc2)CC1. The minimum Gasteiger partial charge on any atom is -0.304 e. The van der Waals surface area contributed by atoms with Crippen molar-refractivity contribution in [3.8, 4) is 0 Å². The number of hydrogen-bond donors (Lipinski definition) is 0. The maximum absolute atomic E-state index is 10.5. The van der Waals surface area contributed by atoms with Crippen LogP contribution in [-0.2, 0) is 6.54 Å². The minimum absolute atomic E-state index is 0.438. The van der Waals surface area contributed by atoms with Crippen LogP contribution in [0.25, 0.3) is 0 Å². The number of pyridine rings is 1. The monoisotopic (exact) mass is 277 g/mol. The first kappa shape index (κ1) is 14.4. The molecule has 1 saturated heterocycles. The zero-order valence-corrected chi connectivity index (χ0v) is 11.6. The highest BCUT2D eigenvalue weighted by atomic mass is 16.6. The molecule has 2 rings (SSSR count). The summed E-state index contributed by atoms with van der Waals surface area (Å²) in [5.74, 6) is 0. The third-order valence-electron chi connectivity index (χ3n) is 3.27. The van der Waals surface area contributed by atoms with E-state index in [0.717, 1.165) is 37.9 Å². The number of rotatable bonds is 5. The van der Waals surface area contributed by atoms with Gasteiger partial charge in [-0.1, -0.05) is 6.07 Å². The lowest BCUT2D eigenvalue weighted by Crippen LogP contribution is -2.50. The standard InChI is InChI=1S/C13H19N5O2/c1-15-5-7-16(8-6-15)17(9-10-18(19)20)12-13-3-2-4-14-11-13/h2-4,9-11H,5-8,12H2,1H3.